The fraction of sp³-hybridized carbons (Fsp3) is 0.591. The Morgan fingerprint density at radius 1 is 1.04 bits per heavy atom. The van der Waals surface area contributed by atoms with Gasteiger partial charge in [-0.05, 0) is 53.7 Å². The van der Waals surface area contributed by atoms with Crippen molar-refractivity contribution in [1.29, 1.82) is 0 Å². The smallest absolute Gasteiger partial charge is 0.185 e. The first-order valence-electron chi connectivity index (χ1n) is 9.80. The van der Waals surface area contributed by atoms with Crippen LogP contribution in [0, 0.1) is 0 Å². The van der Waals surface area contributed by atoms with Crippen molar-refractivity contribution in [1.82, 2.24) is 4.98 Å². The minimum atomic E-state index is -0.142. The molecule has 0 amide bonds. The van der Waals surface area contributed by atoms with Crippen LogP contribution in [0.25, 0.3) is 11.3 Å². The van der Waals surface area contributed by atoms with Crippen LogP contribution in [-0.4, -0.2) is 29.3 Å². The summed E-state index contributed by atoms with van der Waals surface area (Å²) in [4.78, 5) is 7.24. The number of anilines is 1. The van der Waals surface area contributed by atoms with E-state index in [4.69, 9.17) is 4.98 Å². The molecule has 2 heterocycles. The monoisotopic (exact) mass is 370 g/mol. The SMILES string of the molecule is CC1(C)CCC(C)(C)c2cc(-c3csc(N4CCC(O)CC4)n3)ccc21. The highest BCUT2D eigenvalue weighted by atomic mass is 32.1. The summed E-state index contributed by atoms with van der Waals surface area (Å²) in [5.74, 6) is 0. The van der Waals surface area contributed by atoms with Crippen LogP contribution in [0.15, 0.2) is 23.6 Å². The van der Waals surface area contributed by atoms with Crippen molar-refractivity contribution in [2.45, 2.75) is 70.3 Å². The van der Waals surface area contributed by atoms with Gasteiger partial charge in [0, 0.05) is 24.0 Å². The van der Waals surface area contributed by atoms with Gasteiger partial charge in [0.15, 0.2) is 5.13 Å². The Morgan fingerprint density at radius 2 is 1.69 bits per heavy atom. The molecule has 1 N–H and O–H groups in total. The Labute approximate surface area is 161 Å². The highest BCUT2D eigenvalue weighted by molar-refractivity contribution is 7.14. The molecule has 1 aliphatic carbocycles. The van der Waals surface area contributed by atoms with Crippen molar-refractivity contribution >= 4 is 16.5 Å². The van der Waals surface area contributed by atoms with E-state index in [0.29, 0.717) is 0 Å². The molecule has 1 aromatic heterocycles. The van der Waals surface area contributed by atoms with Crippen molar-refractivity contribution in [3.63, 3.8) is 0 Å². The van der Waals surface area contributed by atoms with E-state index in [1.807, 2.05) is 0 Å². The average molecular weight is 371 g/mol. The Hall–Kier alpha value is -1.39. The van der Waals surface area contributed by atoms with Crippen LogP contribution in [-0.2, 0) is 10.8 Å². The number of aliphatic hydroxyl groups excluding tert-OH is 1. The molecule has 0 bridgehead atoms. The number of hydrogen-bond acceptors (Lipinski definition) is 4. The molecule has 2 aromatic rings. The molecule has 26 heavy (non-hydrogen) atoms. The second-order valence-corrected chi connectivity index (χ2v) is 10.1. The molecule has 0 atom stereocenters. The van der Waals surface area contributed by atoms with E-state index in [0.717, 1.165) is 36.8 Å². The van der Waals surface area contributed by atoms with Gasteiger partial charge in [0.1, 0.15) is 0 Å². The number of rotatable bonds is 2. The zero-order valence-electron chi connectivity index (χ0n) is 16.4. The van der Waals surface area contributed by atoms with Crippen LogP contribution < -0.4 is 4.90 Å². The molecule has 140 valence electrons. The van der Waals surface area contributed by atoms with E-state index in [1.165, 1.54) is 29.5 Å². The van der Waals surface area contributed by atoms with Crippen molar-refractivity contribution in [2.75, 3.05) is 18.0 Å². The molecule has 0 radical (unpaired) electrons. The van der Waals surface area contributed by atoms with Crippen LogP contribution in [0.2, 0.25) is 0 Å². The molecule has 1 aliphatic heterocycles. The lowest BCUT2D eigenvalue weighted by molar-refractivity contribution is 0.145. The number of aliphatic hydroxyl groups is 1. The van der Waals surface area contributed by atoms with E-state index in [1.54, 1.807) is 11.3 Å². The topological polar surface area (TPSA) is 36.4 Å². The number of benzene rings is 1. The largest absolute Gasteiger partial charge is 0.393 e. The molecule has 1 saturated heterocycles. The minimum absolute atomic E-state index is 0.142. The number of aromatic nitrogens is 1. The molecule has 0 saturated carbocycles. The predicted octanol–water partition coefficient (Wildman–Crippen LogP) is 5.12. The Morgan fingerprint density at radius 3 is 2.38 bits per heavy atom. The third-order valence-electron chi connectivity index (χ3n) is 6.38. The van der Waals surface area contributed by atoms with Gasteiger partial charge in [-0.2, -0.15) is 0 Å². The molecule has 0 spiro atoms. The summed E-state index contributed by atoms with van der Waals surface area (Å²) < 4.78 is 0. The van der Waals surface area contributed by atoms with E-state index >= 15 is 0 Å². The van der Waals surface area contributed by atoms with Crippen LogP contribution in [0.5, 0.6) is 0 Å². The maximum atomic E-state index is 9.72. The van der Waals surface area contributed by atoms with Gasteiger partial charge in [-0.1, -0.05) is 39.8 Å². The summed E-state index contributed by atoms with van der Waals surface area (Å²) in [5, 5.41) is 13.0. The van der Waals surface area contributed by atoms with Gasteiger partial charge in [0.2, 0.25) is 0 Å². The van der Waals surface area contributed by atoms with E-state index in [2.05, 4.69) is 56.2 Å². The molecule has 0 unspecified atom stereocenters. The molecule has 1 fully saturated rings. The lowest BCUT2D eigenvalue weighted by Crippen LogP contribution is -2.35. The number of piperidine rings is 1. The summed E-state index contributed by atoms with van der Waals surface area (Å²) in [5.41, 5.74) is 5.78. The van der Waals surface area contributed by atoms with Gasteiger partial charge in [-0.25, -0.2) is 4.98 Å². The quantitative estimate of drug-likeness (QED) is 0.797. The Kier molecular flexibility index (Phi) is 4.39. The molecule has 4 heteroatoms. The fourth-order valence-corrected chi connectivity index (χ4v) is 5.24. The first-order valence-corrected chi connectivity index (χ1v) is 10.7. The summed E-state index contributed by atoms with van der Waals surface area (Å²) in [6, 6.07) is 6.97. The summed E-state index contributed by atoms with van der Waals surface area (Å²) in [7, 11) is 0. The second-order valence-electron chi connectivity index (χ2n) is 9.26. The van der Waals surface area contributed by atoms with Crippen LogP contribution in [0.1, 0.15) is 64.5 Å². The van der Waals surface area contributed by atoms with Gasteiger partial charge in [-0.3, -0.25) is 0 Å². The lowest BCUT2D eigenvalue weighted by Gasteiger charge is -2.42. The average Bonchev–Trinajstić information content (AvgIpc) is 3.09. The molecular weight excluding hydrogens is 340 g/mol. The van der Waals surface area contributed by atoms with Gasteiger partial charge < -0.3 is 10.0 Å². The predicted molar refractivity (Wildman–Crippen MR) is 110 cm³/mol. The second kappa shape index (κ2) is 6.35. The van der Waals surface area contributed by atoms with Crippen LogP contribution >= 0.6 is 11.3 Å². The van der Waals surface area contributed by atoms with Gasteiger partial charge in [-0.15, -0.1) is 11.3 Å². The normalized spacial score (nSPS) is 22.3. The first kappa shape index (κ1) is 18.0. The Balaban J connectivity index is 1.65. The molecule has 3 nitrogen and oxygen atoms in total. The van der Waals surface area contributed by atoms with Gasteiger partial charge in [0.05, 0.1) is 11.8 Å². The van der Waals surface area contributed by atoms with Crippen molar-refractivity contribution in [3.05, 3.63) is 34.7 Å². The number of fused-ring (bicyclic) bond motifs is 1. The zero-order chi connectivity index (χ0) is 18.5. The van der Waals surface area contributed by atoms with Crippen LogP contribution in [0.3, 0.4) is 0 Å². The third-order valence-corrected chi connectivity index (χ3v) is 7.28. The summed E-state index contributed by atoms with van der Waals surface area (Å²) >= 11 is 1.72. The van der Waals surface area contributed by atoms with Gasteiger partial charge >= 0.3 is 0 Å². The third kappa shape index (κ3) is 3.18. The summed E-state index contributed by atoms with van der Waals surface area (Å²) in [6.07, 6.45) is 4.02. The van der Waals surface area contributed by atoms with E-state index in [9.17, 15) is 5.11 Å². The molecular formula is C22H30N2OS. The zero-order valence-corrected chi connectivity index (χ0v) is 17.2. The summed E-state index contributed by atoms with van der Waals surface area (Å²) in [6.45, 7) is 11.3. The number of thiazole rings is 1. The van der Waals surface area contributed by atoms with Crippen molar-refractivity contribution in [3.8, 4) is 11.3 Å². The molecule has 4 rings (SSSR count). The maximum absolute atomic E-state index is 9.72. The highest BCUT2D eigenvalue weighted by Crippen LogP contribution is 2.46. The molecule has 1 aromatic carbocycles. The standard InChI is InChI=1S/C22H30N2OS/c1-21(2)9-10-22(3,4)18-13-15(5-6-17(18)21)19-14-26-20(23-19)24-11-7-16(25)8-12-24/h5-6,13-14,16,25H,7-12H2,1-4H3. The maximum Gasteiger partial charge on any atom is 0.185 e. The fourth-order valence-electron chi connectivity index (χ4n) is 4.35. The highest BCUT2D eigenvalue weighted by Gasteiger charge is 2.37. The number of hydrogen-bond donors (Lipinski definition) is 1. The number of nitrogens with zero attached hydrogens (tertiary/aromatic N) is 2. The van der Waals surface area contributed by atoms with Crippen molar-refractivity contribution in [2.24, 2.45) is 0 Å². The van der Waals surface area contributed by atoms with E-state index in [-0.39, 0.29) is 16.9 Å². The lowest BCUT2D eigenvalue weighted by atomic mass is 9.63. The minimum Gasteiger partial charge on any atom is -0.393 e. The van der Waals surface area contributed by atoms with Crippen LogP contribution in [0.4, 0.5) is 5.13 Å². The van der Waals surface area contributed by atoms with Gasteiger partial charge in [0.25, 0.3) is 0 Å². The first-order chi connectivity index (χ1) is 12.3. The van der Waals surface area contributed by atoms with Crippen molar-refractivity contribution < 1.29 is 5.11 Å². The van der Waals surface area contributed by atoms with E-state index < -0.39 is 0 Å². The Bertz CT molecular complexity index is 800. The molecule has 2 aliphatic rings.